The Morgan fingerprint density at radius 1 is 0.407 bits per heavy atom. The van der Waals surface area contributed by atoms with Crippen molar-refractivity contribution < 1.29 is 98.1 Å². The Balaban J connectivity index is 0.00000121. The molecule has 4 rings (SSSR count). The molecule has 0 N–H and O–H groups in total. The summed E-state index contributed by atoms with van der Waals surface area (Å²) in [5, 5.41) is 0. The average molecular weight is 567 g/mol. The van der Waals surface area contributed by atoms with Crippen molar-refractivity contribution in [2.75, 3.05) is 0 Å². The van der Waals surface area contributed by atoms with Gasteiger partial charge in [0.15, 0.2) is 0 Å². The van der Waals surface area contributed by atoms with E-state index in [-0.39, 0.29) is 98.1 Å². The Morgan fingerprint density at radius 3 is 1.22 bits per heavy atom. The van der Waals surface area contributed by atoms with Crippen LogP contribution in [0.3, 0.4) is 0 Å². The predicted molar refractivity (Wildman–Crippen MR) is 95.8 cm³/mol. The molecule has 0 unspecified atom stereocenters. The fraction of sp³-hybridized carbons (Fsp3) is 0. The van der Waals surface area contributed by atoms with Crippen LogP contribution in [-0.4, -0.2) is 0 Å². The Kier molecular flexibility index (Phi) is 11.9. The van der Waals surface area contributed by atoms with Crippen LogP contribution in [0.5, 0.6) is 0 Å². The van der Waals surface area contributed by atoms with Gasteiger partial charge in [0.05, 0.1) is 0 Å². The van der Waals surface area contributed by atoms with E-state index in [1.165, 1.54) is 0 Å². The number of rotatable bonds is 3. The van der Waals surface area contributed by atoms with Crippen molar-refractivity contribution in [2.45, 2.75) is 0 Å². The summed E-state index contributed by atoms with van der Waals surface area (Å²) >= 11 is 0. The van der Waals surface area contributed by atoms with E-state index in [2.05, 4.69) is 36.4 Å². The van der Waals surface area contributed by atoms with Crippen LogP contribution in [0.25, 0.3) is 33.4 Å². The molecule has 123 valence electrons. The summed E-state index contributed by atoms with van der Waals surface area (Å²) in [7, 11) is 0. The molecule has 0 aliphatic rings. The monoisotopic (exact) mass is 567 g/mol. The first-order valence-electron chi connectivity index (χ1n) is 7.73. The minimum Gasteiger partial charge on any atom is -0.408 e. The topological polar surface area (TPSA) is 0 Å². The number of hydrogen-bond donors (Lipinski definition) is 0. The fourth-order valence-corrected chi connectivity index (χ4v) is 2.54. The van der Waals surface area contributed by atoms with Gasteiger partial charge in [-0.15, -0.1) is 12.1 Å². The van der Waals surface area contributed by atoms with E-state index >= 15 is 0 Å². The average Bonchev–Trinajstić information content (AvgIpc) is 2.70. The zero-order valence-electron chi connectivity index (χ0n) is 14.7. The van der Waals surface area contributed by atoms with Crippen LogP contribution in [-0.2, 0) is 98.1 Å². The molecule has 0 bridgehead atoms. The van der Waals surface area contributed by atoms with Crippen molar-refractivity contribution in [3.8, 4) is 33.4 Å². The first-order chi connectivity index (χ1) is 11.9. The van der Waals surface area contributed by atoms with Gasteiger partial charge < -0.3 is 34.4 Å². The molecular formula is C24H12Y3-6. The standard InChI is InChI=1S/C24H12.3Y/c1-3-9-19(10-4-1)21-13-7-15-23(17-21)24-16-8-14-22(18-24)20-11-5-2-6-12-20;;;/h1-9,11,15-16H;;;/q-6;;;. The summed E-state index contributed by atoms with van der Waals surface area (Å²) in [6.45, 7) is 0. The summed E-state index contributed by atoms with van der Waals surface area (Å²) in [4.78, 5) is 0. The van der Waals surface area contributed by atoms with Crippen molar-refractivity contribution in [1.82, 2.24) is 0 Å². The van der Waals surface area contributed by atoms with Crippen molar-refractivity contribution in [2.24, 2.45) is 0 Å². The van der Waals surface area contributed by atoms with Gasteiger partial charge in [-0.3, -0.25) is 35.4 Å². The summed E-state index contributed by atoms with van der Waals surface area (Å²) in [6.07, 6.45) is 0. The molecule has 0 fully saturated rings. The first kappa shape index (κ1) is 25.2. The largest absolute Gasteiger partial charge is 0.408 e. The van der Waals surface area contributed by atoms with Gasteiger partial charge in [0.1, 0.15) is 0 Å². The van der Waals surface area contributed by atoms with Gasteiger partial charge >= 0.3 is 0 Å². The number of benzene rings is 4. The molecule has 0 spiro atoms. The SMILES string of the molecule is [Y].[Y].[Y].[c-]1ccc(-c2[c-]c(-c3[c-]cccc3)[c-]cc2)[c-]c1-c1[c-]cccc1. The van der Waals surface area contributed by atoms with Crippen LogP contribution in [0.1, 0.15) is 0 Å². The third-order valence-corrected chi connectivity index (χ3v) is 3.72. The van der Waals surface area contributed by atoms with Gasteiger partial charge in [0.2, 0.25) is 0 Å². The van der Waals surface area contributed by atoms with E-state index in [0.717, 1.165) is 33.4 Å². The summed E-state index contributed by atoms with van der Waals surface area (Å²) in [5.74, 6) is 0. The van der Waals surface area contributed by atoms with E-state index in [1.54, 1.807) is 0 Å². The second-order valence-corrected chi connectivity index (χ2v) is 5.34. The van der Waals surface area contributed by atoms with Crippen LogP contribution >= 0.6 is 0 Å². The van der Waals surface area contributed by atoms with Crippen molar-refractivity contribution in [1.29, 1.82) is 0 Å². The van der Waals surface area contributed by atoms with E-state index in [1.807, 2.05) is 72.8 Å². The molecule has 0 aliphatic heterocycles. The van der Waals surface area contributed by atoms with Gasteiger partial charge in [0, 0.05) is 98.1 Å². The molecule has 0 aliphatic carbocycles. The molecule has 0 saturated heterocycles. The maximum atomic E-state index is 3.41. The summed E-state index contributed by atoms with van der Waals surface area (Å²) < 4.78 is 0. The normalized spacial score (nSPS) is 9.33. The molecule has 4 aromatic carbocycles. The molecule has 3 heteroatoms. The van der Waals surface area contributed by atoms with E-state index in [9.17, 15) is 0 Å². The van der Waals surface area contributed by atoms with E-state index in [4.69, 9.17) is 0 Å². The van der Waals surface area contributed by atoms with E-state index in [0.29, 0.717) is 0 Å². The van der Waals surface area contributed by atoms with Crippen molar-refractivity contribution >= 4 is 0 Å². The maximum absolute atomic E-state index is 3.41. The molecule has 0 heterocycles. The molecule has 4 aromatic rings. The quantitative estimate of drug-likeness (QED) is 0.288. The Hall–Kier alpha value is 0.192. The fourth-order valence-electron chi connectivity index (χ4n) is 2.54. The minimum atomic E-state index is 0. The predicted octanol–water partition coefficient (Wildman–Crippen LogP) is 5.48. The third-order valence-electron chi connectivity index (χ3n) is 3.72. The third kappa shape index (κ3) is 6.60. The molecule has 0 saturated carbocycles. The van der Waals surface area contributed by atoms with Crippen LogP contribution in [0.15, 0.2) is 72.8 Å². The Labute approximate surface area is 237 Å². The zero-order chi connectivity index (χ0) is 16.2. The van der Waals surface area contributed by atoms with Gasteiger partial charge in [-0.25, -0.2) is 36.4 Å². The second kappa shape index (κ2) is 12.7. The van der Waals surface area contributed by atoms with Crippen molar-refractivity contribution in [3.63, 3.8) is 0 Å². The van der Waals surface area contributed by atoms with E-state index < -0.39 is 0 Å². The maximum Gasteiger partial charge on any atom is 0 e. The van der Waals surface area contributed by atoms with Crippen molar-refractivity contribution in [3.05, 3.63) is 109 Å². The first-order valence-corrected chi connectivity index (χ1v) is 7.73. The van der Waals surface area contributed by atoms with Crippen LogP contribution in [0.4, 0.5) is 0 Å². The molecular weight excluding hydrogens is 555 g/mol. The molecule has 27 heavy (non-hydrogen) atoms. The molecule has 0 nitrogen and oxygen atoms in total. The van der Waals surface area contributed by atoms with Gasteiger partial charge in [-0.05, 0) is 0 Å². The van der Waals surface area contributed by atoms with Gasteiger partial charge in [-0.1, -0.05) is 0 Å². The molecule has 3 radical (unpaired) electrons. The van der Waals surface area contributed by atoms with Crippen LogP contribution in [0, 0.1) is 36.4 Å². The summed E-state index contributed by atoms with van der Waals surface area (Å²) in [6, 6.07) is 43.3. The summed E-state index contributed by atoms with van der Waals surface area (Å²) in [5.41, 5.74) is 5.74. The number of hydrogen-bond acceptors (Lipinski definition) is 0. The smallest absolute Gasteiger partial charge is 0 e. The molecule has 0 aromatic heterocycles. The van der Waals surface area contributed by atoms with Crippen LogP contribution in [0.2, 0.25) is 0 Å². The Bertz CT molecular complexity index is 870. The van der Waals surface area contributed by atoms with Gasteiger partial charge in [0.25, 0.3) is 0 Å². The molecule has 0 atom stereocenters. The van der Waals surface area contributed by atoms with Gasteiger partial charge in [-0.2, -0.15) is 24.3 Å². The van der Waals surface area contributed by atoms with Crippen LogP contribution < -0.4 is 0 Å². The minimum absolute atomic E-state index is 0. The molecule has 0 amide bonds. The zero-order valence-corrected chi connectivity index (χ0v) is 23.2. The Morgan fingerprint density at radius 2 is 0.852 bits per heavy atom. The second-order valence-electron chi connectivity index (χ2n) is 5.34.